The number of hydrogen-bond donors (Lipinski definition) is 1. The van der Waals surface area contributed by atoms with Gasteiger partial charge in [0.15, 0.2) is 0 Å². The van der Waals surface area contributed by atoms with Crippen LogP contribution in [0.1, 0.15) is 33.1 Å². The highest BCUT2D eigenvalue weighted by Crippen LogP contribution is 2.24. The summed E-state index contributed by atoms with van der Waals surface area (Å²) < 4.78 is 0. The van der Waals surface area contributed by atoms with Gasteiger partial charge in [0.1, 0.15) is 5.82 Å². The molecule has 1 unspecified atom stereocenters. The second kappa shape index (κ2) is 6.94. The van der Waals surface area contributed by atoms with E-state index in [0.29, 0.717) is 11.9 Å². The molecule has 3 heteroatoms. The Morgan fingerprint density at radius 1 is 1.59 bits per heavy atom. The summed E-state index contributed by atoms with van der Waals surface area (Å²) in [6.45, 7) is 9.17. The van der Waals surface area contributed by atoms with Gasteiger partial charge in [0.2, 0.25) is 0 Å². The first-order valence-electron chi connectivity index (χ1n) is 6.28. The van der Waals surface area contributed by atoms with E-state index in [2.05, 4.69) is 30.3 Å². The number of pyridine rings is 1. The molecule has 0 amide bonds. The smallest absolute Gasteiger partial charge is 0.146 e. The fraction of sp³-hybridized carbons (Fsp3) is 0.500. The summed E-state index contributed by atoms with van der Waals surface area (Å²) in [5, 5.41) is 0. The second-order valence-electron chi connectivity index (χ2n) is 4.29. The fourth-order valence-electron chi connectivity index (χ4n) is 1.86. The normalized spacial score (nSPS) is 12.1. The highest BCUT2D eigenvalue weighted by atomic mass is 15.2. The first-order valence-corrected chi connectivity index (χ1v) is 6.28. The molecule has 0 spiro atoms. The first kappa shape index (κ1) is 13.6. The first-order chi connectivity index (χ1) is 8.20. The number of nitrogens with two attached hydrogens (primary N) is 1. The molecule has 0 aliphatic rings. The van der Waals surface area contributed by atoms with Crippen molar-refractivity contribution in [3.05, 3.63) is 31.0 Å². The minimum atomic E-state index is 0.478. The van der Waals surface area contributed by atoms with Gasteiger partial charge in [-0.2, -0.15) is 0 Å². The van der Waals surface area contributed by atoms with Crippen molar-refractivity contribution in [2.24, 2.45) is 0 Å². The zero-order valence-electron chi connectivity index (χ0n) is 10.9. The van der Waals surface area contributed by atoms with Crippen molar-refractivity contribution in [3.8, 4) is 0 Å². The number of unbranched alkanes of at least 4 members (excludes halogenated alkanes) is 1. The van der Waals surface area contributed by atoms with Crippen LogP contribution in [0.5, 0.6) is 0 Å². The standard InChI is InChI=1S/C14H23N3/c1-4-6-7-11-17(12(3)5-2)13-9-8-10-16-14(13)15/h4,8-10,12H,1,5-7,11H2,2-3H3,(H2,15,16). The number of hydrogen-bond acceptors (Lipinski definition) is 3. The van der Waals surface area contributed by atoms with Gasteiger partial charge in [-0.15, -0.1) is 6.58 Å². The molecule has 1 aromatic rings. The molecule has 1 rings (SSSR count). The van der Waals surface area contributed by atoms with Crippen LogP contribution in [0, 0.1) is 0 Å². The van der Waals surface area contributed by atoms with Gasteiger partial charge in [0.05, 0.1) is 5.69 Å². The number of nitrogens with zero attached hydrogens (tertiary/aromatic N) is 2. The number of allylic oxidation sites excluding steroid dienone is 1. The van der Waals surface area contributed by atoms with Crippen molar-refractivity contribution in [1.29, 1.82) is 0 Å². The Labute approximate surface area is 104 Å². The van der Waals surface area contributed by atoms with Crippen LogP contribution in [-0.2, 0) is 0 Å². The Morgan fingerprint density at radius 2 is 2.35 bits per heavy atom. The Morgan fingerprint density at radius 3 is 2.94 bits per heavy atom. The van der Waals surface area contributed by atoms with Crippen LogP contribution in [0.4, 0.5) is 11.5 Å². The molecular weight excluding hydrogens is 210 g/mol. The molecule has 0 fully saturated rings. The molecule has 2 N–H and O–H groups in total. The largest absolute Gasteiger partial charge is 0.382 e. The molecule has 1 aromatic heterocycles. The summed E-state index contributed by atoms with van der Waals surface area (Å²) in [7, 11) is 0. The molecule has 0 aliphatic carbocycles. The minimum Gasteiger partial charge on any atom is -0.382 e. The molecule has 0 bridgehead atoms. The molecule has 94 valence electrons. The topological polar surface area (TPSA) is 42.2 Å². The van der Waals surface area contributed by atoms with Crippen LogP contribution in [-0.4, -0.2) is 17.6 Å². The molecule has 0 aromatic carbocycles. The highest BCUT2D eigenvalue weighted by Gasteiger charge is 2.14. The van der Waals surface area contributed by atoms with Crippen molar-refractivity contribution in [2.75, 3.05) is 17.2 Å². The maximum Gasteiger partial charge on any atom is 0.146 e. The zero-order valence-corrected chi connectivity index (χ0v) is 10.9. The van der Waals surface area contributed by atoms with E-state index in [-0.39, 0.29) is 0 Å². The van der Waals surface area contributed by atoms with Crippen LogP contribution < -0.4 is 10.6 Å². The van der Waals surface area contributed by atoms with Gasteiger partial charge in [-0.05, 0) is 38.3 Å². The molecule has 0 saturated heterocycles. The summed E-state index contributed by atoms with van der Waals surface area (Å²) >= 11 is 0. The number of rotatable bonds is 7. The maximum absolute atomic E-state index is 5.95. The van der Waals surface area contributed by atoms with Gasteiger partial charge < -0.3 is 10.6 Å². The average Bonchev–Trinajstić information content (AvgIpc) is 2.35. The van der Waals surface area contributed by atoms with Gasteiger partial charge in [-0.25, -0.2) is 4.98 Å². The van der Waals surface area contributed by atoms with Crippen LogP contribution in [0.2, 0.25) is 0 Å². The molecule has 1 heterocycles. The average molecular weight is 233 g/mol. The second-order valence-corrected chi connectivity index (χ2v) is 4.29. The number of aromatic nitrogens is 1. The van der Waals surface area contributed by atoms with Gasteiger partial charge in [0.25, 0.3) is 0 Å². The summed E-state index contributed by atoms with van der Waals surface area (Å²) in [4.78, 5) is 6.50. The van der Waals surface area contributed by atoms with Crippen LogP contribution in [0.15, 0.2) is 31.0 Å². The van der Waals surface area contributed by atoms with Crippen molar-refractivity contribution in [2.45, 2.75) is 39.2 Å². The highest BCUT2D eigenvalue weighted by molar-refractivity contribution is 5.63. The van der Waals surface area contributed by atoms with E-state index in [4.69, 9.17) is 5.73 Å². The fourth-order valence-corrected chi connectivity index (χ4v) is 1.86. The van der Waals surface area contributed by atoms with E-state index in [9.17, 15) is 0 Å². The van der Waals surface area contributed by atoms with E-state index in [0.717, 1.165) is 31.5 Å². The minimum absolute atomic E-state index is 0.478. The summed E-state index contributed by atoms with van der Waals surface area (Å²) in [6, 6.07) is 4.46. The Balaban J connectivity index is 2.82. The van der Waals surface area contributed by atoms with Gasteiger partial charge in [-0.1, -0.05) is 13.0 Å². The van der Waals surface area contributed by atoms with Crippen molar-refractivity contribution in [1.82, 2.24) is 4.98 Å². The van der Waals surface area contributed by atoms with E-state index in [1.165, 1.54) is 0 Å². The molecule has 0 aliphatic heterocycles. The lowest BCUT2D eigenvalue weighted by Crippen LogP contribution is -2.34. The lowest BCUT2D eigenvalue weighted by atomic mass is 10.1. The van der Waals surface area contributed by atoms with Gasteiger partial charge >= 0.3 is 0 Å². The van der Waals surface area contributed by atoms with E-state index < -0.39 is 0 Å². The molecule has 17 heavy (non-hydrogen) atoms. The lowest BCUT2D eigenvalue weighted by molar-refractivity contribution is 0.602. The van der Waals surface area contributed by atoms with Gasteiger partial charge in [0, 0.05) is 18.8 Å². The predicted octanol–water partition coefficient (Wildman–Crippen LogP) is 3.23. The summed E-state index contributed by atoms with van der Waals surface area (Å²) in [6.07, 6.45) is 6.93. The van der Waals surface area contributed by atoms with Crippen LogP contribution in [0.25, 0.3) is 0 Å². The van der Waals surface area contributed by atoms with E-state index in [1.54, 1.807) is 6.20 Å². The third kappa shape index (κ3) is 3.77. The Kier molecular flexibility index (Phi) is 5.53. The molecular formula is C14H23N3. The zero-order chi connectivity index (χ0) is 12.7. The summed E-state index contributed by atoms with van der Waals surface area (Å²) in [5.41, 5.74) is 6.99. The monoisotopic (exact) mass is 233 g/mol. The van der Waals surface area contributed by atoms with Crippen molar-refractivity contribution < 1.29 is 0 Å². The Bertz CT molecular complexity index is 349. The quantitative estimate of drug-likeness (QED) is 0.580. The third-order valence-corrected chi connectivity index (χ3v) is 3.06. The van der Waals surface area contributed by atoms with E-state index in [1.807, 2.05) is 18.2 Å². The Hall–Kier alpha value is -1.51. The van der Waals surface area contributed by atoms with Crippen molar-refractivity contribution in [3.63, 3.8) is 0 Å². The van der Waals surface area contributed by atoms with Crippen LogP contribution in [0.3, 0.4) is 0 Å². The van der Waals surface area contributed by atoms with Crippen LogP contribution >= 0.6 is 0 Å². The molecule has 0 radical (unpaired) electrons. The number of nitrogen functional groups attached to an aromatic ring is 1. The third-order valence-electron chi connectivity index (χ3n) is 3.06. The van der Waals surface area contributed by atoms with Crippen molar-refractivity contribution >= 4 is 11.5 Å². The molecule has 1 atom stereocenters. The van der Waals surface area contributed by atoms with Gasteiger partial charge in [-0.3, -0.25) is 0 Å². The van der Waals surface area contributed by atoms with E-state index >= 15 is 0 Å². The SMILES string of the molecule is C=CCCCN(c1cccnc1N)C(C)CC. The number of anilines is 2. The molecule has 3 nitrogen and oxygen atoms in total. The summed E-state index contributed by atoms with van der Waals surface area (Å²) in [5.74, 6) is 0.617. The maximum atomic E-state index is 5.95. The predicted molar refractivity (Wildman–Crippen MR) is 75.2 cm³/mol. The lowest BCUT2D eigenvalue weighted by Gasteiger charge is -2.31. The molecule has 0 saturated carbocycles.